The quantitative estimate of drug-likeness (QED) is 0.395. The highest BCUT2D eigenvalue weighted by molar-refractivity contribution is 6.45. The van der Waals surface area contributed by atoms with Gasteiger partial charge in [-0.1, -0.05) is 0 Å². The van der Waals surface area contributed by atoms with Gasteiger partial charge < -0.3 is 9.84 Å². The zero-order chi connectivity index (χ0) is 6.91. The Morgan fingerprint density at radius 2 is 2.56 bits per heavy atom. The van der Waals surface area contributed by atoms with Gasteiger partial charge in [0.2, 0.25) is 0 Å². The molecule has 0 radical (unpaired) electrons. The topological polar surface area (TPSA) is 29.5 Å². The molecule has 0 aromatic heterocycles. The molecule has 1 unspecified atom stereocenters. The van der Waals surface area contributed by atoms with E-state index in [1.165, 1.54) is 0 Å². The van der Waals surface area contributed by atoms with Crippen LogP contribution in [0.15, 0.2) is 0 Å². The van der Waals surface area contributed by atoms with Crippen LogP contribution in [0.4, 0.5) is 0 Å². The van der Waals surface area contributed by atoms with Crippen molar-refractivity contribution in [3.05, 3.63) is 0 Å². The van der Waals surface area contributed by atoms with Crippen molar-refractivity contribution in [1.82, 2.24) is 0 Å². The number of hydrogen-bond acceptors (Lipinski definition) is 2. The van der Waals surface area contributed by atoms with Crippen molar-refractivity contribution in [1.29, 1.82) is 0 Å². The van der Waals surface area contributed by atoms with Gasteiger partial charge in [-0.15, -0.1) is 11.6 Å². The number of hydrogen-bond donors (Lipinski definition) is 1. The second-order valence-electron chi connectivity index (χ2n) is 2.73. The lowest BCUT2D eigenvalue weighted by Crippen LogP contribution is -2.21. The first-order valence-corrected chi connectivity index (χ1v) is 3.43. The molecule has 4 heteroatoms. The maximum absolute atomic E-state index is 8.61. The van der Waals surface area contributed by atoms with Crippen LogP contribution in [-0.4, -0.2) is 37.0 Å². The molecule has 0 aromatic rings. The van der Waals surface area contributed by atoms with Crippen LogP contribution in [0.3, 0.4) is 0 Å². The molecule has 1 N–H and O–H groups in total. The molecule has 1 heterocycles. The normalized spacial score (nSPS) is 43.6. The molecule has 9 heavy (non-hydrogen) atoms. The molecule has 52 valence electrons. The Morgan fingerprint density at radius 3 is 2.78 bits per heavy atom. The summed E-state index contributed by atoms with van der Waals surface area (Å²) < 4.78 is 4.89. The average Bonchev–Trinajstić information content (AvgIpc) is 2.10. The minimum absolute atomic E-state index is 0.0347. The van der Waals surface area contributed by atoms with Crippen LogP contribution in [-0.2, 0) is 4.74 Å². The van der Waals surface area contributed by atoms with Crippen molar-refractivity contribution in [2.75, 3.05) is 13.2 Å². The van der Waals surface area contributed by atoms with Crippen LogP contribution in [0.5, 0.6) is 0 Å². The van der Waals surface area contributed by atoms with E-state index in [0.29, 0.717) is 6.61 Å². The summed E-state index contributed by atoms with van der Waals surface area (Å²) in [6, 6.07) is 0. The summed E-state index contributed by atoms with van der Waals surface area (Å²) in [5, 5.41) is 8.61. The van der Waals surface area contributed by atoms with E-state index < -0.39 is 0 Å². The molecule has 0 spiro atoms. The van der Waals surface area contributed by atoms with Crippen molar-refractivity contribution in [3.63, 3.8) is 0 Å². The Balaban J connectivity index is 2.38. The molecule has 2 nitrogen and oxygen atoms in total. The number of rotatable bonds is 1. The van der Waals surface area contributed by atoms with Gasteiger partial charge >= 0.3 is 0 Å². The summed E-state index contributed by atoms with van der Waals surface area (Å²) in [5.41, 5.74) is 0. The van der Waals surface area contributed by atoms with Gasteiger partial charge in [0.15, 0.2) is 0 Å². The third-order valence-corrected chi connectivity index (χ3v) is 1.74. The zero-order valence-corrected chi connectivity index (χ0v) is 6.19. The summed E-state index contributed by atoms with van der Waals surface area (Å²) >= 11 is 5.90. The molecule has 1 rings (SSSR count). The number of aliphatic hydroxyl groups is 1. The lowest BCUT2D eigenvalue weighted by Gasteiger charge is -2.09. The van der Waals surface area contributed by atoms with Crippen molar-refractivity contribution >= 4 is 19.4 Å². The van der Waals surface area contributed by atoms with Crippen molar-refractivity contribution in [2.45, 2.75) is 17.3 Å². The van der Waals surface area contributed by atoms with Gasteiger partial charge in [0.05, 0.1) is 19.3 Å². The molecule has 0 aromatic carbocycles. The second kappa shape index (κ2) is 2.49. The van der Waals surface area contributed by atoms with Crippen LogP contribution >= 0.6 is 11.6 Å². The highest BCUT2D eigenvalue weighted by Crippen LogP contribution is 2.26. The summed E-state index contributed by atoms with van der Waals surface area (Å²) in [6.45, 7) is 0.641. The molecule has 0 saturated carbocycles. The molecule has 1 fully saturated rings. The van der Waals surface area contributed by atoms with Crippen LogP contribution in [0.1, 0.15) is 6.42 Å². The van der Waals surface area contributed by atoms with Crippen LogP contribution in [0.25, 0.3) is 0 Å². The third-order valence-electron chi connectivity index (χ3n) is 1.48. The van der Waals surface area contributed by atoms with E-state index in [-0.39, 0.29) is 17.5 Å². The number of alkyl halides is 1. The summed E-state index contributed by atoms with van der Waals surface area (Å²) in [4.78, 5) is 0. The number of aliphatic hydroxyl groups excluding tert-OH is 1. The maximum Gasteiger partial charge on any atom is 0.132 e. The van der Waals surface area contributed by atoms with E-state index in [2.05, 4.69) is 0 Å². The highest BCUT2D eigenvalue weighted by atomic mass is 35.5. The van der Waals surface area contributed by atoms with E-state index in [1.54, 1.807) is 0 Å². The molecule has 1 aliphatic heterocycles. The van der Waals surface area contributed by atoms with Crippen LogP contribution in [0, 0.1) is 0 Å². The Hall–Kier alpha value is 0.275. The van der Waals surface area contributed by atoms with Gasteiger partial charge in [0.25, 0.3) is 0 Å². The molecule has 0 aliphatic carbocycles. The minimum atomic E-state index is -0.243. The predicted octanol–water partition coefficient (Wildman–Crippen LogP) is -0.664. The highest BCUT2D eigenvalue weighted by Gasteiger charge is 2.33. The Morgan fingerprint density at radius 1 is 1.89 bits per heavy atom. The van der Waals surface area contributed by atoms with E-state index >= 15 is 0 Å². The SMILES string of the molecule is B[C@]1(Cl)COC(CO)C1. The number of halogens is 1. The third kappa shape index (κ3) is 1.85. The van der Waals surface area contributed by atoms with Crippen molar-refractivity contribution < 1.29 is 9.84 Å². The summed E-state index contributed by atoms with van der Waals surface area (Å²) in [6.07, 6.45) is 0.720. The first kappa shape index (κ1) is 7.38. The Labute approximate surface area is 60.6 Å². The smallest absolute Gasteiger partial charge is 0.132 e. The Kier molecular flexibility index (Phi) is 2.04. The predicted molar refractivity (Wildman–Crippen MR) is 38.6 cm³/mol. The minimum Gasteiger partial charge on any atom is -0.394 e. The van der Waals surface area contributed by atoms with Gasteiger partial charge in [-0.05, 0) is 6.42 Å². The fourth-order valence-electron chi connectivity index (χ4n) is 1.00. The fraction of sp³-hybridized carbons (Fsp3) is 1.00. The fourth-order valence-corrected chi connectivity index (χ4v) is 1.24. The lowest BCUT2D eigenvalue weighted by atomic mass is 9.84. The van der Waals surface area contributed by atoms with E-state index in [4.69, 9.17) is 21.4 Å². The number of ether oxygens (including phenoxy) is 1. The van der Waals surface area contributed by atoms with E-state index in [9.17, 15) is 0 Å². The largest absolute Gasteiger partial charge is 0.394 e. The first-order chi connectivity index (χ1) is 4.14. The van der Waals surface area contributed by atoms with E-state index in [1.807, 2.05) is 7.85 Å². The van der Waals surface area contributed by atoms with Crippen molar-refractivity contribution in [2.24, 2.45) is 0 Å². The monoisotopic (exact) mass is 148 g/mol. The summed E-state index contributed by atoms with van der Waals surface area (Å²) in [7, 11) is 1.92. The Bertz CT molecular complexity index is 107. The second-order valence-corrected chi connectivity index (χ2v) is 3.65. The lowest BCUT2D eigenvalue weighted by molar-refractivity contribution is 0.0588. The van der Waals surface area contributed by atoms with E-state index in [0.717, 1.165) is 6.42 Å². The molecule has 1 aliphatic rings. The standard InChI is InChI=1S/C5H10BClO2/c6-5(7)1-4(2-8)9-3-5/h4,8H,1-3,6H2/t4?,5-/m1/s1. The molecule has 2 atom stereocenters. The molecular weight excluding hydrogens is 138 g/mol. The van der Waals surface area contributed by atoms with Gasteiger partial charge in [0.1, 0.15) is 7.85 Å². The first-order valence-electron chi connectivity index (χ1n) is 3.05. The van der Waals surface area contributed by atoms with Crippen LogP contribution in [0.2, 0.25) is 0 Å². The molecular formula is C5H10BClO2. The maximum atomic E-state index is 8.61. The molecule has 0 bridgehead atoms. The van der Waals surface area contributed by atoms with Gasteiger partial charge in [0, 0.05) is 4.77 Å². The van der Waals surface area contributed by atoms with Crippen molar-refractivity contribution in [3.8, 4) is 0 Å². The molecule has 1 saturated heterocycles. The molecule has 0 amide bonds. The van der Waals surface area contributed by atoms with Gasteiger partial charge in [-0.25, -0.2) is 0 Å². The van der Waals surface area contributed by atoms with Crippen LogP contribution < -0.4 is 0 Å². The van der Waals surface area contributed by atoms with Gasteiger partial charge in [-0.3, -0.25) is 0 Å². The summed E-state index contributed by atoms with van der Waals surface area (Å²) in [5.74, 6) is 0. The zero-order valence-electron chi connectivity index (χ0n) is 5.43. The van der Waals surface area contributed by atoms with Gasteiger partial charge in [-0.2, -0.15) is 0 Å². The average molecular weight is 148 g/mol.